The number of ether oxygens (including phenoxy) is 1. The summed E-state index contributed by atoms with van der Waals surface area (Å²) in [6.45, 7) is 6.54. The summed E-state index contributed by atoms with van der Waals surface area (Å²) >= 11 is 0. The van der Waals surface area contributed by atoms with E-state index in [0.717, 1.165) is 25.0 Å². The minimum atomic E-state index is -0.819. The number of hydrogen-bond donors (Lipinski definition) is 2. The summed E-state index contributed by atoms with van der Waals surface area (Å²) in [4.78, 5) is 26.9. The Morgan fingerprint density at radius 1 is 1.25 bits per heavy atom. The number of carbonyl (C=O) groups excluding carboxylic acids is 1. The molecule has 2 rings (SSSR count). The zero-order valence-corrected chi connectivity index (χ0v) is 17.2. The fraction of sp³-hybridized carbons (Fsp3) is 0.619. The molecule has 1 atom stereocenters. The van der Waals surface area contributed by atoms with Gasteiger partial charge < -0.3 is 20.1 Å². The summed E-state index contributed by atoms with van der Waals surface area (Å²) in [5.41, 5.74) is 1.27. The molecule has 1 aromatic rings. The van der Waals surface area contributed by atoms with Gasteiger partial charge in [-0.1, -0.05) is 26.0 Å². The van der Waals surface area contributed by atoms with Crippen LogP contribution in [0.25, 0.3) is 0 Å². The number of rotatable bonds is 8. The van der Waals surface area contributed by atoms with E-state index in [1.54, 1.807) is 0 Å². The minimum Gasteiger partial charge on any atom is -0.492 e. The Bertz CT molecular complexity index is 633. The lowest BCUT2D eigenvalue weighted by Gasteiger charge is -2.25. The molecule has 2 amide bonds. The van der Waals surface area contributed by atoms with Crippen molar-refractivity contribution in [2.45, 2.75) is 45.1 Å². The van der Waals surface area contributed by atoms with Gasteiger partial charge in [-0.25, -0.2) is 4.79 Å². The number of likely N-dealkylation sites (tertiary alicyclic amines) is 1. The zero-order valence-electron chi connectivity index (χ0n) is 17.2. The molecule has 0 bridgehead atoms. The third-order valence-corrected chi connectivity index (χ3v) is 5.19. The largest absolute Gasteiger partial charge is 0.492 e. The van der Waals surface area contributed by atoms with Crippen LogP contribution in [-0.2, 0) is 4.79 Å². The lowest BCUT2D eigenvalue weighted by molar-refractivity contribution is -0.138. The Morgan fingerprint density at radius 3 is 2.61 bits per heavy atom. The second-order valence-electron chi connectivity index (χ2n) is 7.68. The van der Waals surface area contributed by atoms with Crippen LogP contribution in [0.4, 0.5) is 4.79 Å². The molecule has 1 unspecified atom stereocenters. The molecule has 0 radical (unpaired) electrons. The molecular weight excluding hydrogens is 358 g/mol. The van der Waals surface area contributed by atoms with Crippen molar-refractivity contribution in [2.75, 3.05) is 39.8 Å². The molecule has 0 spiro atoms. The van der Waals surface area contributed by atoms with Crippen molar-refractivity contribution in [3.63, 3.8) is 0 Å². The fourth-order valence-corrected chi connectivity index (χ4v) is 3.45. The molecule has 1 fully saturated rings. The van der Waals surface area contributed by atoms with Crippen molar-refractivity contribution in [1.29, 1.82) is 0 Å². The van der Waals surface area contributed by atoms with Crippen LogP contribution in [-0.4, -0.2) is 72.8 Å². The van der Waals surface area contributed by atoms with Crippen LogP contribution in [0.3, 0.4) is 0 Å². The van der Waals surface area contributed by atoms with Crippen LogP contribution in [0.15, 0.2) is 24.3 Å². The molecule has 0 saturated carbocycles. The molecule has 7 nitrogen and oxygen atoms in total. The Kier molecular flexibility index (Phi) is 8.57. The summed E-state index contributed by atoms with van der Waals surface area (Å²) < 4.78 is 5.69. The van der Waals surface area contributed by atoms with Crippen molar-refractivity contribution in [3.05, 3.63) is 29.8 Å². The van der Waals surface area contributed by atoms with Gasteiger partial charge in [0.1, 0.15) is 12.4 Å². The average Bonchev–Trinajstić information content (AvgIpc) is 2.91. The number of likely N-dealkylation sites (N-methyl/N-ethyl adjacent to an activating group) is 1. The molecule has 1 saturated heterocycles. The predicted molar refractivity (Wildman–Crippen MR) is 109 cm³/mol. The smallest absolute Gasteiger partial charge is 0.317 e. The van der Waals surface area contributed by atoms with Gasteiger partial charge in [0.2, 0.25) is 0 Å². The molecule has 0 aromatic heterocycles. The van der Waals surface area contributed by atoms with E-state index in [2.05, 4.69) is 31.3 Å². The SMILES string of the molecule is CC(C)c1ccc(OCCNC(=O)N2CCCC(N(C)CC(=O)O)CC2)cc1. The topological polar surface area (TPSA) is 82.1 Å². The lowest BCUT2D eigenvalue weighted by atomic mass is 10.0. The summed E-state index contributed by atoms with van der Waals surface area (Å²) in [5, 5.41) is 11.8. The molecule has 28 heavy (non-hydrogen) atoms. The van der Waals surface area contributed by atoms with Crippen LogP contribution in [0.2, 0.25) is 0 Å². The summed E-state index contributed by atoms with van der Waals surface area (Å²) in [5.74, 6) is 0.475. The van der Waals surface area contributed by atoms with Crippen molar-refractivity contribution in [2.24, 2.45) is 0 Å². The number of carboxylic acids is 1. The van der Waals surface area contributed by atoms with Crippen molar-refractivity contribution in [1.82, 2.24) is 15.1 Å². The third-order valence-electron chi connectivity index (χ3n) is 5.19. The first-order valence-electron chi connectivity index (χ1n) is 10.0. The fourth-order valence-electron chi connectivity index (χ4n) is 3.45. The second kappa shape index (κ2) is 10.9. The second-order valence-corrected chi connectivity index (χ2v) is 7.68. The maximum atomic E-state index is 12.4. The first-order valence-corrected chi connectivity index (χ1v) is 10.0. The first-order chi connectivity index (χ1) is 13.4. The average molecular weight is 392 g/mol. The molecule has 1 heterocycles. The molecule has 0 aliphatic carbocycles. The summed E-state index contributed by atoms with van der Waals surface area (Å²) in [6, 6.07) is 8.16. The normalized spacial score (nSPS) is 17.5. The maximum absolute atomic E-state index is 12.4. The van der Waals surface area contributed by atoms with Gasteiger partial charge in [0.05, 0.1) is 13.1 Å². The molecular formula is C21H33N3O4. The number of hydrogen-bond acceptors (Lipinski definition) is 4. The van der Waals surface area contributed by atoms with Gasteiger partial charge in [-0.15, -0.1) is 0 Å². The van der Waals surface area contributed by atoms with Crippen molar-refractivity contribution < 1.29 is 19.4 Å². The van der Waals surface area contributed by atoms with Gasteiger partial charge in [-0.3, -0.25) is 9.69 Å². The Morgan fingerprint density at radius 2 is 1.96 bits per heavy atom. The van der Waals surface area contributed by atoms with Crippen LogP contribution in [0.5, 0.6) is 5.75 Å². The standard InChI is InChI=1S/C21H33N3O4/c1-16(2)17-6-8-19(9-7-17)28-14-11-22-21(27)24-12-4-5-18(10-13-24)23(3)15-20(25)26/h6-9,16,18H,4-5,10-15H2,1-3H3,(H,22,27)(H,25,26). The predicted octanol–water partition coefficient (Wildman–Crippen LogP) is 2.77. The van der Waals surface area contributed by atoms with E-state index in [1.165, 1.54) is 5.56 Å². The third kappa shape index (κ3) is 7.03. The summed E-state index contributed by atoms with van der Waals surface area (Å²) in [6.07, 6.45) is 2.57. The number of amides is 2. The van der Waals surface area contributed by atoms with E-state index in [4.69, 9.17) is 9.84 Å². The number of carbonyl (C=O) groups is 2. The number of carboxylic acid groups (broad SMARTS) is 1. The number of nitrogens with zero attached hydrogens (tertiary/aromatic N) is 2. The molecule has 1 aromatic carbocycles. The highest BCUT2D eigenvalue weighted by Crippen LogP contribution is 2.18. The highest BCUT2D eigenvalue weighted by molar-refractivity contribution is 5.74. The van der Waals surface area contributed by atoms with Gasteiger partial charge in [0, 0.05) is 19.1 Å². The van der Waals surface area contributed by atoms with Crippen molar-refractivity contribution >= 4 is 12.0 Å². The Balaban J connectivity index is 1.69. The van der Waals surface area contributed by atoms with E-state index in [-0.39, 0.29) is 18.6 Å². The zero-order chi connectivity index (χ0) is 20.5. The lowest BCUT2D eigenvalue weighted by Crippen LogP contribution is -2.42. The van der Waals surface area contributed by atoms with Gasteiger partial charge in [0.15, 0.2) is 0 Å². The highest BCUT2D eigenvalue weighted by Gasteiger charge is 2.23. The van der Waals surface area contributed by atoms with E-state index in [9.17, 15) is 9.59 Å². The Hall–Kier alpha value is -2.28. The maximum Gasteiger partial charge on any atom is 0.317 e. The van der Waals surface area contributed by atoms with Gasteiger partial charge in [-0.05, 0) is 49.9 Å². The van der Waals surface area contributed by atoms with Crippen LogP contribution in [0.1, 0.15) is 44.6 Å². The van der Waals surface area contributed by atoms with Crippen LogP contribution < -0.4 is 10.1 Å². The first kappa shape index (κ1) is 22.0. The van der Waals surface area contributed by atoms with Crippen molar-refractivity contribution in [3.8, 4) is 5.75 Å². The van der Waals surface area contributed by atoms with E-state index in [1.807, 2.05) is 29.0 Å². The molecule has 7 heteroatoms. The van der Waals surface area contributed by atoms with Gasteiger partial charge >= 0.3 is 12.0 Å². The van der Waals surface area contributed by atoms with Crippen LogP contribution in [0, 0.1) is 0 Å². The van der Waals surface area contributed by atoms with E-state index < -0.39 is 5.97 Å². The number of aliphatic carboxylic acids is 1. The minimum absolute atomic E-state index is 0.0341. The van der Waals surface area contributed by atoms with E-state index in [0.29, 0.717) is 32.2 Å². The van der Waals surface area contributed by atoms with Gasteiger partial charge in [-0.2, -0.15) is 0 Å². The number of nitrogens with one attached hydrogen (secondary N) is 1. The van der Waals surface area contributed by atoms with Gasteiger partial charge in [0.25, 0.3) is 0 Å². The van der Waals surface area contributed by atoms with Crippen LogP contribution >= 0.6 is 0 Å². The molecule has 2 N–H and O–H groups in total. The van der Waals surface area contributed by atoms with E-state index >= 15 is 0 Å². The Labute approximate surface area is 167 Å². The number of benzene rings is 1. The highest BCUT2D eigenvalue weighted by atomic mass is 16.5. The molecule has 1 aliphatic heterocycles. The summed E-state index contributed by atoms with van der Waals surface area (Å²) in [7, 11) is 1.83. The molecule has 1 aliphatic rings. The number of urea groups is 1. The monoisotopic (exact) mass is 391 g/mol. The molecule has 156 valence electrons. The quantitative estimate of drug-likeness (QED) is 0.666.